The summed E-state index contributed by atoms with van der Waals surface area (Å²) in [6.07, 6.45) is -0.658. The molecule has 1 amide bonds. The molecule has 0 aliphatic carbocycles. The zero-order valence-corrected chi connectivity index (χ0v) is 14.8. The lowest BCUT2D eigenvalue weighted by atomic mass is 10.1. The van der Waals surface area contributed by atoms with Crippen molar-refractivity contribution < 1.29 is 14.5 Å². The molecule has 0 bridgehead atoms. The minimum atomic E-state index is -0.658. The van der Waals surface area contributed by atoms with E-state index >= 15 is 0 Å². The highest BCUT2D eigenvalue weighted by Crippen LogP contribution is 2.24. The first-order valence-electron chi connectivity index (χ1n) is 8.04. The zero-order valence-electron chi connectivity index (χ0n) is 14.8. The molecule has 2 aromatic rings. The summed E-state index contributed by atoms with van der Waals surface area (Å²) < 4.78 is 5.70. The van der Waals surface area contributed by atoms with Gasteiger partial charge < -0.3 is 9.64 Å². The number of nitrogens with zero attached hydrogens (tertiary/aromatic N) is 2. The molecule has 0 aliphatic rings. The first kappa shape index (κ1) is 18.4. The van der Waals surface area contributed by atoms with Gasteiger partial charge in [-0.2, -0.15) is 0 Å². The van der Waals surface area contributed by atoms with Gasteiger partial charge >= 0.3 is 0 Å². The minimum Gasteiger partial charge on any atom is -0.481 e. The molecule has 2 atom stereocenters. The predicted octanol–water partition coefficient (Wildman–Crippen LogP) is 3.89. The number of benzene rings is 2. The van der Waals surface area contributed by atoms with E-state index in [1.807, 2.05) is 38.1 Å². The van der Waals surface area contributed by atoms with E-state index in [4.69, 9.17) is 4.74 Å². The SMILES string of the molecule is Cc1ccc(O[C@H](C)C(=O)N(C)[C@@H](C)c2cccc([N+](=O)[O-])c2)cc1. The number of non-ortho nitro benzene ring substituents is 1. The van der Waals surface area contributed by atoms with E-state index < -0.39 is 11.0 Å². The van der Waals surface area contributed by atoms with Crippen molar-refractivity contribution in [2.45, 2.75) is 32.9 Å². The lowest BCUT2D eigenvalue weighted by Gasteiger charge is -2.28. The van der Waals surface area contributed by atoms with Crippen LogP contribution in [-0.2, 0) is 4.79 Å². The monoisotopic (exact) mass is 342 g/mol. The third-order valence-electron chi connectivity index (χ3n) is 4.17. The van der Waals surface area contributed by atoms with Crippen LogP contribution >= 0.6 is 0 Å². The zero-order chi connectivity index (χ0) is 18.6. The van der Waals surface area contributed by atoms with Crippen molar-refractivity contribution in [3.8, 4) is 5.75 Å². The Morgan fingerprint density at radius 1 is 1.16 bits per heavy atom. The number of ether oxygens (including phenoxy) is 1. The molecule has 0 N–H and O–H groups in total. The molecule has 0 unspecified atom stereocenters. The van der Waals surface area contributed by atoms with Gasteiger partial charge in [0.15, 0.2) is 6.10 Å². The second kappa shape index (κ2) is 7.79. The Balaban J connectivity index is 2.08. The quantitative estimate of drug-likeness (QED) is 0.590. The van der Waals surface area contributed by atoms with Crippen molar-refractivity contribution in [2.75, 3.05) is 7.05 Å². The molecule has 0 heterocycles. The normalized spacial score (nSPS) is 13.0. The van der Waals surface area contributed by atoms with Crippen LogP contribution in [0.3, 0.4) is 0 Å². The summed E-state index contributed by atoms with van der Waals surface area (Å²) in [7, 11) is 1.67. The lowest BCUT2D eigenvalue weighted by Crippen LogP contribution is -2.39. The minimum absolute atomic E-state index is 0.00847. The van der Waals surface area contributed by atoms with Crippen LogP contribution in [-0.4, -0.2) is 28.9 Å². The smallest absolute Gasteiger partial charge is 0.269 e. The van der Waals surface area contributed by atoms with Gasteiger partial charge in [-0.25, -0.2) is 0 Å². The summed E-state index contributed by atoms with van der Waals surface area (Å²) in [6, 6.07) is 13.5. The standard InChI is InChI=1S/C19H22N2O4/c1-13-8-10-18(11-9-13)25-15(3)19(22)20(4)14(2)16-6-5-7-17(12-16)21(23)24/h5-12,14-15H,1-4H3/t14-,15+/m0/s1. The molecule has 0 aromatic heterocycles. The van der Waals surface area contributed by atoms with Crippen LogP contribution in [0.4, 0.5) is 5.69 Å². The van der Waals surface area contributed by atoms with Gasteiger partial charge in [0.1, 0.15) is 5.75 Å². The largest absolute Gasteiger partial charge is 0.481 e. The first-order valence-corrected chi connectivity index (χ1v) is 8.04. The van der Waals surface area contributed by atoms with Crippen molar-refractivity contribution in [1.82, 2.24) is 4.90 Å². The maximum atomic E-state index is 12.6. The Morgan fingerprint density at radius 3 is 2.40 bits per heavy atom. The molecule has 0 saturated heterocycles. The van der Waals surface area contributed by atoms with E-state index in [1.54, 1.807) is 26.1 Å². The Bertz CT molecular complexity index is 758. The van der Waals surface area contributed by atoms with Crippen LogP contribution in [0.5, 0.6) is 5.75 Å². The maximum absolute atomic E-state index is 12.6. The summed E-state index contributed by atoms with van der Waals surface area (Å²) in [5.41, 5.74) is 1.82. The van der Waals surface area contributed by atoms with Crippen molar-refractivity contribution in [2.24, 2.45) is 0 Å². The maximum Gasteiger partial charge on any atom is 0.269 e. The second-order valence-electron chi connectivity index (χ2n) is 6.05. The molecule has 6 heteroatoms. The molecule has 0 saturated carbocycles. The molecule has 132 valence electrons. The van der Waals surface area contributed by atoms with Gasteiger partial charge in [-0.1, -0.05) is 29.8 Å². The van der Waals surface area contributed by atoms with E-state index in [2.05, 4.69) is 0 Å². The number of likely N-dealkylation sites (N-methyl/N-ethyl adjacent to an activating group) is 1. The molecule has 0 radical (unpaired) electrons. The summed E-state index contributed by atoms with van der Waals surface area (Å²) in [4.78, 5) is 24.6. The number of amides is 1. The summed E-state index contributed by atoms with van der Waals surface area (Å²) in [6.45, 7) is 5.50. The highest BCUT2D eigenvalue weighted by atomic mass is 16.6. The van der Waals surface area contributed by atoms with Crippen LogP contribution in [0.15, 0.2) is 48.5 Å². The lowest BCUT2D eigenvalue weighted by molar-refractivity contribution is -0.384. The van der Waals surface area contributed by atoms with Crippen molar-refractivity contribution in [3.63, 3.8) is 0 Å². The summed E-state index contributed by atoms with van der Waals surface area (Å²) in [5.74, 6) is 0.433. The van der Waals surface area contributed by atoms with Crippen LogP contribution in [0, 0.1) is 17.0 Å². The molecule has 0 aliphatic heterocycles. The fourth-order valence-corrected chi connectivity index (χ4v) is 2.47. The van der Waals surface area contributed by atoms with Crippen molar-refractivity contribution in [3.05, 3.63) is 69.8 Å². The number of carbonyl (C=O) groups is 1. The third-order valence-corrected chi connectivity index (χ3v) is 4.17. The molecule has 0 spiro atoms. The van der Waals surface area contributed by atoms with Gasteiger partial charge in [0.05, 0.1) is 11.0 Å². The highest BCUT2D eigenvalue weighted by Gasteiger charge is 2.24. The first-order chi connectivity index (χ1) is 11.8. The molecule has 2 rings (SSSR count). The summed E-state index contributed by atoms with van der Waals surface area (Å²) >= 11 is 0. The molecule has 25 heavy (non-hydrogen) atoms. The van der Waals surface area contributed by atoms with Crippen LogP contribution in [0.25, 0.3) is 0 Å². The van der Waals surface area contributed by atoms with E-state index in [0.29, 0.717) is 11.3 Å². The Hall–Kier alpha value is -2.89. The number of nitro benzene ring substituents is 1. The van der Waals surface area contributed by atoms with Gasteiger partial charge in [0, 0.05) is 19.2 Å². The van der Waals surface area contributed by atoms with E-state index in [1.165, 1.54) is 17.0 Å². The molecule has 2 aromatic carbocycles. The number of rotatable bonds is 6. The fourth-order valence-electron chi connectivity index (χ4n) is 2.47. The van der Waals surface area contributed by atoms with Crippen LogP contribution < -0.4 is 4.74 Å². The molecule has 0 fully saturated rings. The third kappa shape index (κ3) is 4.56. The van der Waals surface area contributed by atoms with Crippen molar-refractivity contribution in [1.29, 1.82) is 0 Å². The Kier molecular flexibility index (Phi) is 5.75. The topological polar surface area (TPSA) is 72.7 Å². The number of nitro groups is 1. The van der Waals surface area contributed by atoms with Gasteiger partial charge in [0.25, 0.3) is 11.6 Å². The summed E-state index contributed by atoms with van der Waals surface area (Å²) in [5, 5.41) is 10.9. The van der Waals surface area contributed by atoms with E-state index in [-0.39, 0.29) is 17.6 Å². The van der Waals surface area contributed by atoms with Gasteiger partial charge in [-0.05, 0) is 38.5 Å². The van der Waals surface area contributed by atoms with E-state index in [9.17, 15) is 14.9 Å². The Morgan fingerprint density at radius 2 is 1.80 bits per heavy atom. The second-order valence-corrected chi connectivity index (χ2v) is 6.05. The average molecular weight is 342 g/mol. The fraction of sp³-hybridized carbons (Fsp3) is 0.316. The number of hydrogen-bond acceptors (Lipinski definition) is 4. The van der Waals surface area contributed by atoms with Gasteiger partial charge in [-0.15, -0.1) is 0 Å². The molecular weight excluding hydrogens is 320 g/mol. The van der Waals surface area contributed by atoms with Gasteiger partial charge in [-0.3, -0.25) is 14.9 Å². The van der Waals surface area contributed by atoms with Crippen LogP contribution in [0.1, 0.15) is 31.0 Å². The van der Waals surface area contributed by atoms with Crippen molar-refractivity contribution >= 4 is 11.6 Å². The average Bonchev–Trinajstić information content (AvgIpc) is 2.61. The number of carbonyl (C=O) groups excluding carboxylic acids is 1. The van der Waals surface area contributed by atoms with Crippen LogP contribution in [0.2, 0.25) is 0 Å². The van der Waals surface area contributed by atoms with Gasteiger partial charge in [0.2, 0.25) is 0 Å². The Labute approximate surface area is 147 Å². The highest BCUT2D eigenvalue weighted by molar-refractivity contribution is 5.81. The predicted molar refractivity (Wildman–Crippen MR) is 95.6 cm³/mol. The van der Waals surface area contributed by atoms with E-state index in [0.717, 1.165) is 5.56 Å². The number of hydrogen-bond donors (Lipinski definition) is 0. The number of aryl methyl sites for hydroxylation is 1. The molecular formula is C19H22N2O4. The molecule has 6 nitrogen and oxygen atoms in total.